The van der Waals surface area contributed by atoms with E-state index in [4.69, 9.17) is 9.83 Å². The molecular weight excluding hydrogens is 379 g/mol. The first-order valence-corrected chi connectivity index (χ1v) is 9.57. The van der Waals surface area contributed by atoms with Crippen molar-refractivity contribution in [3.8, 4) is 11.3 Å². The normalized spacial score (nSPS) is 18.0. The maximum atomic E-state index is 13.1. The summed E-state index contributed by atoms with van der Waals surface area (Å²) in [5.74, 6) is 0.518. The van der Waals surface area contributed by atoms with Gasteiger partial charge < -0.3 is 4.42 Å². The number of rotatable bonds is 4. The summed E-state index contributed by atoms with van der Waals surface area (Å²) in [4.78, 5) is 16.5. The number of hydrazone groups is 1. The first-order chi connectivity index (χ1) is 13.4. The quantitative estimate of drug-likeness (QED) is 0.756. The molecule has 2 aliphatic heterocycles. The Morgan fingerprint density at radius 2 is 2.00 bits per heavy atom. The molecule has 8 heteroatoms. The Kier molecular flexibility index (Phi) is 4.72. The molecule has 1 aromatic carbocycles. The molecule has 0 spiro atoms. The van der Waals surface area contributed by atoms with Crippen molar-refractivity contribution < 1.29 is 13.6 Å². The standard InChI is InChI=1S/C20H17FN4O2S/c1-11(2)9-17-24-25-18(22)15(19(26)23-20(25)28-17)10-14-7-8-16(27-14)12-3-5-13(21)6-4-12/h3-8,10-11,22H,9H2,1-2H3/b15-10-,22-18?. The van der Waals surface area contributed by atoms with Gasteiger partial charge in [-0.2, -0.15) is 15.1 Å². The first-order valence-electron chi connectivity index (χ1n) is 8.75. The molecule has 28 heavy (non-hydrogen) atoms. The average Bonchev–Trinajstić information content (AvgIpc) is 3.26. The number of benzene rings is 1. The number of aliphatic imine (C=N–C) groups is 1. The van der Waals surface area contributed by atoms with Crippen LogP contribution in [0.4, 0.5) is 4.39 Å². The van der Waals surface area contributed by atoms with Gasteiger partial charge in [-0.25, -0.2) is 4.39 Å². The van der Waals surface area contributed by atoms with Crippen LogP contribution in [-0.4, -0.2) is 27.0 Å². The highest BCUT2D eigenvalue weighted by atomic mass is 32.2. The second-order valence-corrected chi connectivity index (χ2v) is 7.86. The molecule has 4 rings (SSSR count). The van der Waals surface area contributed by atoms with E-state index in [0.717, 1.165) is 17.0 Å². The number of hydrogen-bond acceptors (Lipinski definition) is 5. The van der Waals surface area contributed by atoms with Crippen LogP contribution in [0.25, 0.3) is 17.4 Å². The SMILES string of the molecule is CC(C)CC1=NN2C(=N)/C(=C/c3ccc(-c4ccc(F)cc4)o3)C(=O)N=C2S1. The Bertz CT molecular complexity index is 1050. The molecule has 2 aromatic rings. The number of amides is 1. The lowest BCUT2D eigenvalue weighted by Crippen LogP contribution is -2.35. The molecule has 6 nitrogen and oxygen atoms in total. The molecule has 3 heterocycles. The number of fused-ring (bicyclic) bond motifs is 1. The summed E-state index contributed by atoms with van der Waals surface area (Å²) in [6.45, 7) is 4.17. The molecule has 0 unspecified atom stereocenters. The van der Waals surface area contributed by atoms with Crippen LogP contribution in [0.15, 0.2) is 56.5 Å². The fourth-order valence-electron chi connectivity index (χ4n) is 2.81. The number of carbonyl (C=O) groups excluding carboxylic acids is 1. The summed E-state index contributed by atoms with van der Waals surface area (Å²) in [5, 5.41) is 15.4. The van der Waals surface area contributed by atoms with Crippen LogP contribution in [0.2, 0.25) is 0 Å². The van der Waals surface area contributed by atoms with Crippen molar-refractivity contribution in [2.24, 2.45) is 16.0 Å². The fraction of sp³-hybridized carbons (Fsp3) is 0.200. The summed E-state index contributed by atoms with van der Waals surface area (Å²) >= 11 is 1.32. The Hall–Kier alpha value is -3.00. The zero-order valence-electron chi connectivity index (χ0n) is 15.3. The predicted molar refractivity (Wildman–Crippen MR) is 109 cm³/mol. The fourth-order valence-corrected chi connectivity index (χ4v) is 3.90. The van der Waals surface area contributed by atoms with Crippen molar-refractivity contribution in [3.05, 3.63) is 53.5 Å². The average molecular weight is 396 g/mol. The van der Waals surface area contributed by atoms with E-state index in [1.54, 1.807) is 24.3 Å². The topological polar surface area (TPSA) is 82.0 Å². The van der Waals surface area contributed by atoms with Crippen molar-refractivity contribution in [2.45, 2.75) is 20.3 Å². The second-order valence-electron chi connectivity index (χ2n) is 6.82. The molecule has 0 saturated carbocycles. The van der Waals surface area contributed by atoms with Gasteiger partial charge in [0.05, 0.1) is 5.57 Å². The molecule has 0 fully saturated rings. The Labute approximate surface area is 165 Å². The molecule has 0 radical (unpaired) electrons. The summed E-state index contributed by atoms with van der Waals surface area (Å²) in [5.41, 5.74) is 0.828. The summed E-state index contributed by atoms with van der Waals surface area (Å²) in [7, 11) is 0. The van der Waals surface area contributed by atoms with Gasteiger partial charge in [-0.3, -0.25) is 10.2 Å². The highest BCUT2D eigenvalue weighted by Crippen LogP contribution is 2.31. The van der Waals surface area contributed by atoms with Crippen LogP contribution in [0.3, 0.4) is 0 Å². The lowest BCUT2D eigenvalue weighted by molar-refractivity contribution is -0.114. The minimum absolute atomic E-state index is 0.0269. The van der Waals surface area contributed by atoms with E-state index < -0.39 is 5.91 Å². The number of nitrogens with one attached hydrogen (secondary N) is 1. The molecular formula is C20H17FN4O2S. The molecule has 1 amide bonds. The van der Waals surface area contributed by atoms with Crippen LogP contribution < -0.4 is 0 Å². The smallest absolute Gasteiger partial charge is 0.283 e. The van der Waals surface area contributed by atoms with Gasteiger partial charge in [0.15, 0.2) is 5.84 Å². The Morgan fingerprint density at radius 1 is 1.25 bits per heavy atom. The molecule has 1 N–H and O–H groups in total. The van der Waals surface area contributed by atoms with Gasteiger partial charge in [0, 0.05) is 12.0 Å². The Balaban J connectivity index is 1.60. The van der Waals surface area contributed by atoms with E-state index >= 15 is 0 Å². The van der Waals surface area contributed by atoms with E-state index in [2.05, 4.69) is 23.9 Å². The van der Waals surface area contributed by atoms with Gasteiger partial charge >= 0.3 is 0 Å². The van der Waals surface area contributed by atoms with Crippen molar-refractivity contribution in [2.75, 3.05) is 0 Å². The summed E-state index contributed by atoms with van der Waals surface area (Å²) < 4.78 is 18.8. The second kappa shape index (κ2) is 7.20. The van der Waals surface area contributed by atoms with E-state index in [0.29, 0.717) is 22.6 Å². The van der Waals surface area contributed by atoms with Gasteiger partial charge in [0.1, 0.15) is 22.4 Å². The number of carbonyl (C=O) groups is 1. The maximum absolute atomic E-state index is 13.1. The Morgan fingerprint density at radius 3 is 2.71 bits per heavy atom. The van der Waals surface area contributed by atoms with Crippen molar-refractivity contribution in [1.82, 2.24) is 5.01 Å². The van der Waals surface area contributed by atoms with Crippen molar-refractivity contribution >= 4 is 39.8 Å². The van der Waals surface area contributed by atoms with Crippen molar-refractivity contribution in [1.29, 1.82) is 5.41 Å². The van der Waals surface area contributed by atoms with Gasteiger partial charge in [-0.05, 0) is 60.2 Å². The predicted octanol–water partition coefficient (Wildman–Crippen LogP) is 4.75. The number of nitrogens with zero attached hydrogens (tertiary/aromatic N) is 3. The largest absolute Gasteiger partial charge is 0.457 e. The lowest BCUT2D eigenvalue weighted by atomic mass is 10.1. The lowest BCUT2D eigenvalue weighted by Gasteiger charge is -2.19. The minimum atomic E-state index is -0.496. The summed E-state index contributed by atoms with van der Waals surface area (Å²) in [6.07, 6.45) is 2.25. The van der Waals surface area contributed by atoms with Gasteiger partial charge in [0.2, 0.25) is 5.17 Å². The highest BCUT2D eigenvalue weighted by molar-refractivity contribution is 8.26. The van der Waals surface area contributed by atoms with Crippen LogP contribution in [0.5, 0.6) is 0 Å². The van der Waals surface area contributed by atoms with Crippen LogP contribution >= 0.6 is 11.8 Å². The molecule has 2 aliphatic rings. The molecule has 0 saturated heterocycles. The third kappa shape index (κ3) is 3.55. The van der Waals surface area contributed by atoms with E-state index in [1.165, 1.54) is 35.0 Å². The highest BCUT2D eigenvalue weighted by Gasteiger charge is 2.35. The number of halogens is 1. The number of furan rings is 1. The minimum Gasteiger partial charge on any atom is -0.457 e. The van der Waals surface area contributed by atoms with E-state index in [9.17, 15) is 9.18 Å². The molecule has 142 valence electrons. The summed E-state index contributed by atoms with van der Waals surface area (Å²) in [6, 6.07) is 9.35. The molecule has 0 bridgehead atoms. The molecule has 1 aromatic heterocycles. The van der Waals surface area contributed by atoms with E-state index in [-0.39, 0.29) is 17.2 Å². The zero-order valence-corrected chi connectivity index (χ0v) is 16.1. The van der Waals surface area contributed by atoms with Gasteiger partial charge in [-0.1, -0.05) is 13.8 Å². The maximum Gasteiger partial charge on any atom is 0.283 e. The number of amidine groups is 2. The number of hydrogen-bond donors (Lipinski definition) is 1. The monoisotopic (exact) mass is 396 g/mol. The number of thioether (sulfide) groups is 1. The third-order valence-corrected chi connectivity index (χ3v) is 5.05. The van der Waals surface area contributed by atoms with E-state index in [1.807, 2.05) is 0 Å². The third-order valence-electron chi connectivity index (χ3n) is 4.12. The van der Waals surface area contributed by atoms with Gasteiger partial charge in [-0.15, -0.1) is 0 Å². The van der Waals surface area contributed by atoms with Crippen LogP contribution in [0, 0.1) is 17.1 Å². The van der Waals surface area contributed by atoms with Crippen LogP contribution in [0.1, 0.15) is 26.0 Å². The van der Waals surface area contributed by atoms with Crippen molar-refractivity contribution in [3.63, 3.8) is 0 Å². The molecule has 0 aliphatic carbocycles. The molecule has 0 atom stereocenters. The first kappa shape index (κ1) is 18.4. The van der Waals surface area contributed by atoms with Gasteiger partial charge in [0.25, 0.3) is 5.91 Å². The zero-order chi connectivity index (χ0) is 19.8. The van der Waals surface area contributed by atoms with Crippen LogP contribution in [-0.2, 0) is 4.79 Å².